The number of benzene rings is 1. The van der Waals surface area contributed by atoms with Crippen LogP contribution < -0.4 is 10.2 Å². The Morgan fingerprint density at radius 1 is 1.45 bits per heavy atom. The standard InChI is InChI=1S/C12H12Cl2N2O4/c1-12(14)11(13)16(5-9(17)18)8-3-2-6(10(19)20)4-7(8)15-12/h2-4,11,15H,5H2,1H3,(H,17,18)(H,19,20). The van der Waals surface area contributed by atoms with Crippen LogP contribution in [0.1, 0.15) is 17.3 Å². The number of halogens is 2. The number of nitrogens with zero attached hydrogens (tertiary/aromatic N) is 1. The van der Waals surface area contributed by atoms with Crippen molar-refractivity contribution >= 4 is 46.5 Å². The SMILES string of the molecule is CC1(Cl)Nc2cc(C(=O)O)ccc2N(CC(=O)O)C1Cl. The number of carboxylic acid groups (broad SMARTS) is 2. The summed E-state index contributed by atoms with van der Waals surface area (Å²) in [6, 6.07) is 4.30. The molecule has 0 saturated heterocycles. The fraction of sp³-hybridized carbons (Fsp3) is 0.333. The number of aliphatic carboxylic acids is 1. The molecule has 1 aromatic carbocycles. The Labute approximate surface area is 124 Å². The molecule has 0 aromatic heterocycles. The molecule has 0 saturated carbocycles. The summed E-state index contributed by atoms with van der Waals surface area (Å²) < 4.78 is 0. The fourth-order valence-electron chi connectivity index (χ4n) is 2.07. The molecule has 0 fully saturated rings. The molecule has 3 N–H and O–H groups in total. The minimum absolute atomic E-state index is 0.0759. The molecule has 0 radical (unpaired) electrons. The van der Waals surface area contributed by atoms with Crippen molar-refractivity contribution in [1.29, 1.82) is 0 Å². The van der Waals surface area contributed by atoms with Gasteiger partial charge < -0.3 is 20.4 Å². The molecule has 2 rings (SSSR count). The van der Waals surface area contributed by atoms with Gasteiger partial charge in [0.1, 0.15) is 17.0 Å². The van der Waals surface area contributed by atoms with Gasteiger partial charge in [-0.1, -0.05) is 23.2 Å². The third kappa shape index (κ3) is 2.62. The average molecular weight is 319 g/mol. The Morgan fingerprint density at radius 2 is 2.10 bits per heavy atom. The monoisotopic (exact) mass is 318 g/mol. The first kappa shape index (κ1) is 14.7. The summed E-state index contributed by atoms with van der Waals surface area (Å²) in [7, 11) is 0. The molecular formula is C12H12Cl2N2O4. The van der Waals surface area contributed by atoms with Crippen LogP contribution in [0.4, 0.5) is 11.4 Å². The largest absolute Gasteiger partial charge is 0.480 e. The number of hydrogen-bond acceptors (Lipinski definition) is 4. The summed E-state index contributed by atoms with van der Waals surface area (Å²) >= 11 is 12.4. The van der Waals surface area contributed by atoms with Gasteiger partial charge in [0.15, 0.2) is 0 Å². The molecule has 1 heterocycles. The predicted molar refractivity (Wildman–Crippen MR) is 75.9 cm³/mol. The maximum atomic E-state index is 11.0. The third-order valence-corrected chi connectivity index (χ3v) is 4.04. The molecule has 1 aromatic rings. The van der Waals surface area contributed by atoms with Gasteiger partial charge >= 0.3 is 11.9 Å². The van der Waals surface area contributed by atoms with Crippen LogP contribution >= 0.6 is 23.2 Å². The summed E-state index contributed by atoms with van der Waals surface area (Å²) in [6.45, 7) is 1.26. The number of fused-ring (bicyclic) bond motifs is 1. The van der Waals surface area contributed by atoms with Gasteiger partial charge in [-0.05, 0) is 25.1 Å². The number of nitrogens with one attached hydrogen (secondary N) is 1. The molecule has 8 heteroatoms. The Hall–Kier alpha value is -1.66. The lowest BCUT2D eigenvalue weighted by molar-refractivity contribution is -0.135. The van der Waals surface area contributed by atoms with Gasteiger partial charge in [-0.15, -0.1) is 0 Å². The van der Waals surface area contributed by atoms with E-state index in [9.17, 15) is 9.59 Å². The summed E-state index contributed by atoms with van der Waals surface area (Å²) in [4.78, 5) is 22.2. The Bertz CT molecular complexity index is 577. The van der Waals surface area contributed by atoms with E-state index in [2.05, 4.69) is 5.32 Å². The summed E-state index contributed by atoms with van der Waals surface area (Å²) in [6.07, 6.45) is 0. The van der Waals surface area contributed by atoms with Gasteiger partial charge in [0.2, 0.25) is 0 Å². The topological polar surface area (TPSA) is 89.9 Å². The second kappa shape index (κ2) is 5.03. The van der Waals surface area contributed by atoms with Crippen LogP contribution in [0.5, 0.6) is 0 Å². The lowest BCUT2D eigenvalue weighted by Gasteiger charge is -2.44. The summed E-state index contributed by atoms with van der Waals surface area (Å²) in [5, 5.41) is 20.9. The van der Waals surface area contributed by atoms with Crippen molar-refractivity contribution in [2.75, 3.05) is 16.8 Å². The van der Waals surface area contributed by atoms with Crippen LogP contribution in [0.3, 0.4) is 0 Å². The first-order chi connectivity index (χ1) is 9.22. The fourth-order valence-corrected chi connectivity index (χ4v) is 2.52. The quantitative estimate of drug-likeness (QED) is 0.585. The second-order valence-electron chi connectivity index (χ2n) is 4.60. The Balaban J connectivity index is 2.51. The molecule has 0 amide bonds. The molecule has 2 atom stereocenters. The van der Waals surface area contributed by atoms with E-state index in [4.69, 9.17) is 33.4 Å². The van der Waals surface area contributed by atoms with Crippen LogP contribution in [0.15, 0.2) is 18.2 Å². The highest BCUT2D eigenvalue weighted by Crippen LogP contribution is 2.42. The predicted octanol–water partition coefficient (Wildman–Crippen LogP) is 2.22. The highest BCUT2D eigenvalue weighted by molar-refractivity contribution is 6.34. The molecule has 0 spiro atoms. The van der Waals surface area contributed by atoms with Crippen molar-refractivity contribution in [3.63, 3.8) is 0 Å². The van der Waals surface area contributed by atoms with Crippen molar-refractivity contribution in [2.24, 2.45) is 0 Å². The Morgan fingerprint density at radius 3 is 2.65 bits per heavy atom. The molecule has 20 heavy (non-hydrogen) atoms. The van der Waals surface area contributed by atoms with E-state index in [1.54, 1.807) is 6.92 Å². The minimum atomic E-state index is -1.12. The van der Waals surface area contributed by atoms with Crippen molar-refractivity contribution in [2.45, 2.75) is 17.4 Å². The van der Waals surface area contributed by atoms with E-state index in [0.29, 0.717) is 11.4 Å². The van der Waals surface area contributed by atoms with Gasteiger partial charge in [0.05, 0.1) is 16.9 Å². The zero-order valence-electron chi connectivity index (χ0n) is 10.4. The van der Waals surface area contributed by atoms with E-state index in [1.807, 2.05) is 0 Å². The number of carbonyl (C=O) groups is 2. The van der Waals surface area contributed by atoms with Crippen molar-refractivity contribution in [1.82, 2.24) is 0 Å². The molecule has 1 aliphatic heterocycles. The van der Waals surface area contributed by atoms with Crippen molar-refractivity contribution in [3.05, 3.63) is 23.8 Å². The molecule has 1 aliphatic rings. The molecule has 0 aliphatic carbocycles. The van der Waals surface area contributed by atoms with Crippen LogP contribution in [0.25, 0.3) is 0 Å². The average Bonchev–Trinajstić information content (AvgIpc) is 2.33. The van der Waals surface area contributed by atoms with Gasteiger partial charge in [-0.2, -0.15) is 0 Å². The number of anilines is 2. The van der Waals surface area contributed by atoms with Gasteiger partial charge in [-0.25, -0.2) is 4.79 Å². The molecule has 108 valence electrons. The van der Waals surface area contributed by atoms with Crippen LogP contribution in [0, 0.1) is 0 Å². The number of rotatable bonds is 3. The van der Waals surface area contributed by atoms with E-state index in [0.717, 1.165) is 0 Å². The first-order valence-electron chi connectivity index (χ1n) is 5.69. The highest BCUT2D eigenvalue weighted by atomic mass is 35.5. The normalized spacial score (nSPS) is 24.8. The lowest BCUT2D eigenvalue weighted by Crippen LogP contribution is -2.54. The molecule has 2 unspecified atom stereocenters. The smallest absolute Gasteiger partial charge is 0.335 e. The molecule has 6 nitrogen and oxygen atoms in total. The lowest BCUT2D eigenvalue weighted by atomic mass is 10.1. The minimum Gasteiger partial charge on any atom is -0.480 e. The number of hydrogen-bond donors (Lipinski definition) is 3. The summed E-state index contributed by atoms with van der Waals surface area (Å²) in [5.41, 5.74) is 0.200. The van der Waals surface area contributed by atoms with Crippen molar-refractivity contribution in [3.8, 4) is 0 Å². The van der Waals surface area contributed by atoms with Gasteiger partial charge in [0, 0.05) is 0 Å². The molecular weight excluding hydrogens is 307 g/mol. The number of carboxylic acids is 2. The zero-order valence-corrected chi connectivity index (χ0v) is 11.9. The maximum absolute atomic E-state index is 11.0. The highest BCUT2D eigenvalue weighted by Gasteiger charge is 2.41. The van der Waals surface area contributed by atoms with E-state index in [1.165, 1.54) is 23.1 Å². The third-order valence-electron chi connectivity index (χ3n) is 2.96. The van der Waals surface area contributed by atoms with Crippen LogP contribution in [-0.2, 0) is 4.79 Å². The number of alkyl halides is 2. The van der Waals surface area contributed by atoms with E-state index >= 15 is 0 Å². The van der Waals surface area contributed by atoms with E-state index in [-0.39, 0.29) is 12.1 Å². The zero-order chi connectivity index (χ0) is 15.1. The summed E-state index contributed by atoms with van der Waals surface area (Å²) in [5.74, 6) is -2.14. The van der Waals surface area contributed by atoms with E-state index < -0.39 is 22.4 Å². The first-order valence-corrected chi connectivity index (χ1v) is 6.51. The molecule has 0 bridgehead atoms. The van der Waals surface area contributed by atoms with Gasteiger partial charge in [0.25, 0.3) is 0 Å². The second-order valence-corrected chi connectivity index (χ2v) is 5.79. The van der Waals surface area contributed by atoms with Gasteiger partial charge in [-0.3, -0.25) is 4.79 Å². The maximum Gasteiger partial charge on any atom is 0.335 e. The van der Waals surface area contributed by atoms with Crippen LogP contribution in [0.2, 0.25) is 0 Å². The Kier molecular flexibility index (Phi) is 3.71. The number of aromatic carboxylic acids is 1. The van der Waals surface area contributed by atoms with Crippen LogP contribution in [-0.4, -0.2) is 39.2 Å². The van der Waals surface area contributed by atoms with Crippen molar-refractivity contribution < 1.29 is 19.8 Å².